The lowest BCUT2D eigenvalue weighted by molar-refractivity contribution is -0.116. The Hall–Kier alpha value is -0.0200. The third-order valence-corrected chi connectivity index (χ3v) is 3.70. The fraction of sp³-hybridized carbons (Fsp3) is 0.875. The maximum absolute atomic E-state index is 11.2. The Morgan fingerprint density at radius 1 is 1.45 bits per heavy atom. The summed E-state index contributed by atoms with van der Waals surface area (Å²) in [4.78, 5) is 11.2. The van der Waals surface area contributed by atoms with Gasteiger partial charge in [-0.05, 0) is 12.8 Å². The molecule has 1 heterocycles. The van der Waals surface area contributed by atoms with Gasteiger partial charge in [-0.25, -0.2) is 0 Å². The van der Waals surface area contributed by atoms with E-state index < -0.39 is 0 Å². The maximum Gasteiger partial charge on any atom is 0.145 e. The highest BCUT2D eigenvalue weighted by atomic mass is 32.2. The van der Waals surface area contributed by atoms with Gasteiger partial charge in [0.1, 0.15) is 5.78 Å². The van der Waals surface area contributed by atoms with Crippen LogP contribution in [-0.2, 0) is 9.53 Å². The van der Waals surface area contributed by atoms with Gasteiger partial charge in [-0.15, -0.1) is 11.8 Å². The summed E-state index contributed by atoms with van der Waals surface area (Å²) in [5, 5.41) is 0.922. The average Bonchev–Trinajstić information content (AvgIpc) is 2.27. The third-order valence-electron chi connectivity index (χ3n) is 2.21. The molecule has 62 valence electrons. The minimum Gasteiger partial charge on any atom is -0.379 e. The Morgan fingerprint density at radius 3 is 2.73 bits per heavy atom. The zero-order valence-electron chi connectivity index (χ0n) is 6.41. The second kappa shape index (κ2) is 3.15. The molecule has 0 radical (unpaired) electrons. The second-order valence-electron chi connectivity index (χ2n) is 3.14. The fourth-order valence-electron chi connectivity index (χ4n) is 1.45. The SMILES string of the molecule is O=C1CCCC1SC1COC1. The van der Waals surface area contributed by atoms with Crippen LogP contribution in [-0.4, -0.2) is 29.5 Å². The molecule has 1 atom stereocenters. The Balaban J connectivity index is 1.80. The van der Waals surface area contributed by atoms with Crippen LogP contribution in [0.4, 0.5) is 0 Å². The topological polar surface area (TPSA) is 26.3 Å². The molecule has 2 aliphatic rings. The Bertz CT molecular complexity index is 165. The van der Waals surface area contributed by atoms with Gasteiger partial charge in [0.2, 0.25) is 0 Å². The van der Waals surface area contributed by atoms with Crippen molar-refractivity contribution in [1.29, 1.82) is 0 Å². The summed E-state index contributed by atoms with van der Waals surface area (Å²) in [5.74, 6) is 0.460. The smallest absolute Gasteiger partial charge is 0.145 e. The predicted octanol–water partition coefficient (Wildman–Crippen LogP) is 1.24. The number of rotatable bonds is 2. The zero-order chi connectivity index (χ0) is 7.68. The number of carbonyl (C=O) groups excluding carboxylic acids is 1. The van der Waals surface area contributed by atoms with E-state index in [0.29, 0.717) is 16.3 Å². The van der Waals surface area contributed by atoms with Crippen molar-refractivity contribution < 1.29 is 9.53 Å². The van der Waals surface area contributed by atoms with E-state index in [0.717, 1.165) is 32.5 Å². The number of thioether (sulfide) groups is 1. The molecule has 2 fully saturated rings. The van der Waals surface area contributed by atoms with Crippen LogP contribution in [0, 0.1) is 0 Å². The van der Waals surface area contributed by atoms with E-state index in [1.54, 1.807) is 0 Å². The molecule has 0 aromatic rings. The number of ether oxygens (including phenoxy) is 1. The van der Waals surface area contributed by atoms with E-state index in [2.05, 4.69) is 0 Å². The lowest BCUT2D eigenvalue weighted by atomic mass is 10.3. The Kier molecular flexibility index (Phi) is 2.18. The summed E-state index contributed by atoms with van der Waals surface area (Å²) in [7, 11) is 0. The van der Waals surface area contributed by atoms with Crippen molar-refractivity contribution in [3.8, 4) is 0 Å². The largest absolute Gasteiger partial charge is 0.379 e. The maximum atomic E-state index is 11.2. The van der Waals surface area contributed by atoms with Gasteiger partial charge in [0.25, 0.3) is 0 Å². The highest BCUT2D eigenvalue weighted by molar-refractivity contribution is 8.01. The normalized spacial score (nSPS) is 32.4. The number of ketones is 1. The third kappa shape index (κ3) is 1.59. The Labute approximate surface area is 70.7 Å². The molecular formula is C8H12O2S. The molecule has 0 amide bonds. The van der Waals surface area contributed by atoms with Crippen LogP contribution >= 0.6 is 11.8 Å². The van der Waals surface area contributed by atoms with Gasteiger partial charge >= 0.3 is 0 Å². The first kappa shape index (κ1) is 7.62. The van der Waals surface area contributed by atoms with Crippen molar-refractivity contribution >= 4 is 17.5 Å². The van der Waals surface area contributed by atoms with Gasteiger partial charge in [0, 0.05) is 6.42 Å². The molecule has 2 nitrogen and oxygen atoms in total. The van der Waals surface area contributed by atoms with Crippen LogP contribution in [0.15, 0.2) is 0 Å². The van der Waals surface area contributed by atoms with E-state index in [-0.39, 0.29) is 0 Å². The van der Waals surface area contributed by atoms with Crippen molar-refractivity contribution in [1.82, 2.24) is 0 Å². The summed E-state index contributed by atoms with van der Waals surface area (Å²) in [6, 6.07) is 0. The first-order valence-corrected chi connectivity index (χ1v) is 5.06. The van der Waals surface area contributed by atoms with Gasteiger partial charge in [-0.3, -0.25) is 4.79 Å². The van der Waals surface area contributed by atoms with Gasteiger partial charge in [-0.2, -0.15) is 0 Å². The van der Waals surface area contributed by atoms with Crippen molar-refractivity contribution in [3.05, 3.63) is 0 Å². The zero-order valence-corrected chi connectivity index (χ0v) is 7.23. The minimum absolute atomic E-state index is 0.309. The standard InChI is InChI=1S/C8H12O2S/c9-7-2-1-3-8(7)11-6-4-10-5-6/h6,8H,1-5H2. The molecule has 0 aromatic carbocycles. The quantitative estimate of drug-likeness (QED) is 0.627. The van der Waals surface area contributed by atoms with Gasteiger partial charge < -0.3 is 4.74 Å². The molecule has 0 bridgehead atoms. The predicted molar refractivity (Wildman–Crippen MR) is 44.8 cm³/mol. The number of hydrogen-bond donors (Lipinski definition) is 0. The molecule has 3 heteroatoms. The molecule has 1 unspecified atom stereocenters. The van der Waals surface area contributed by atoms with E-state index in [4.69, 9.17) is 4.74 Å². The second-order valence-corrected chi connectivity index (χ2v) is 4.65. The molecule has 1 aliphatic heterocycles. The van der Waals surface area contributed by atoms with Crippen LogP contribution in [0.5, 0.6) is 0 Å². The highest BCUT2D eigenvalue weighted by Crippen LogP contribution is 2.32. The van der Waals surface area contributed by atoms with Crippen LogP contribution < -0.4 is 0 Å². The molecule has 2 rings (SSSR count). The molecule has 0 spiro atoms. The molecule has 1 saturated heterocycles. The highest BCUT2D eigenvalue weighted by Gasteiger charge is 2.30. The molecule has 1 saturated carbocycles. The van der Waals surface area contributed by atoms with Crippen molar-refractivity contribution in [2.75, 3.05) is 13.2 Å². The summed E-state index contributed by atoms with van der Waals surface area (Å²) < 4.78 is 5.05. The number of carbonyl (C=O) groups is 1. The van der Waals surface area contributed by atoms with Gasteiger partial charge in [0.15, 0.2) is 0 Å². The summed E-state index contributed by atoms with van der Waals surface area (Å²) >= 11 is 1.83. The summed E-state index contributed by atoms with van der Waals surface area (Å²) in [6.45, 7) is 1.71. The minimum atomic E-state index is 0.309. The van der Waals surface area contributed by atoms with Crippen molar-refractivity contribution in [2.45, 2.75) is 29.8 Å². The summed E-state index contributed by atoms with van der Waals surface area (Å²) in [6.07, 6.45) is 3.01. The van der Waals surface area contributed by atoms with Crippen LogP contribution in [0.3, 0.4) is 0 Å². The number of hydrogen-bond acceptors (Lipinski definition) is 3. The first-order chi connectivity index (χ1) is 5.36. The molecule has 0 N–H and O–H groups in total. The van der Waals surface area contributed by atoms with E-state index >= 15 is 0 Å². The molecule has 11 heavy (non-hydrogen) atoms. The average molecular weight is 172 g/mol. The monoisotopic (exact) mass is 172 g/mol. The lowest BCUT2D eigenvalue weighted by Crippen LogP contribution is -2.33. The molecule has 1 aliphatic carbocycles. The van der Waals surface area contributed by atoms with Crippen LogP contribution in [0.1, 0.15) is 19.3 Å². The van der Waals surface area contributed by atoms with E-state index in [1.165, 1.54) is 0 Å². The first-order valence-electron chi connectivity index (χ1n) is 4.12. The van der Waals surface area contributed by atoms with Crippen molar-refractivity contribution in [3.63, 3.8) is 0 Å². The van der Waals surface area contributed by atoms with E-state index in [9.17, 15) is 4.79 Å². The summed E-state index contributed by atoms with van der Waals surface area (Å²) in [5.41, 5.74) is 0. The van der Waals surface area contributed by atoms with Gasteiger partial charge in [0.05, 0.1) is 23.7 Å². The number of Topliss-reactive ketones (excluding diaryl/α,β-unsaturated/α-hetero) is 1. The lowest BCUT2D eigenvalue weighted by Gasteiger charge is -2.27. The molecular weight excluding hydrogens is 160 g/mol. The molecule has 0 aromatic heterocycles. The fourth-order valence-corrected chi connectivity index (χ4v) is 2.84. The van der Waals surface area contributed by atoms with E-state index in [1.807, 2.05) is 11.8 Å². The van der Waals surface area contributed by atoms with Crippen LogP contribution in [0.2, 0.25) is 0 Å². The Morgan fingerprint density at radius 2 is 2.27 bits per heavy atom. The van der Waals surface area contributed by atoms with Crippen molar-refractivity contribution in [2.24, 2.45) is 0 Å². The van der Waals surface area contributed by atoms with Crippen LogP contribution in [0.25, 0.3) is 0 Å². The van der Waals surface area contributed by atoms with Gasteiger partial charge in [-0.1, -0.05) is 0 Å².